The molecular formula is C19H32O2. The van der Waals surface area contributed by atoms with Crippen LogP contribution in [0.2, 0.25) is 0 Å². The Morgan fingerprint density at radius 3 is 2.62 bits per heavy atom. The third kappa shape index (κ3) is 2.16. The molecule has 0 aromatic carbocycles. The van der Waals surface area contributed by atoms with Crippen LogP contribution in [0.25, 0.3) is 0 Å². The standard InChI is InChI=1S/C19H32O2/c1-6-17(3,4)16(20)21-18(5)9-10-19-12-15(18)11-14(19)8-7-13(19)2/h13-15H,6-12H2,1-5H3. The van der Waals surface area contributed by atoms with E-state index in [1.54, 1.807) is 0 Å². The lowest BCUT2D eigenvalue weighted by Crippen LogP contribution is -2.46. The van der Waals surface area contributed by atoms with Crippen LogP contribution in [0.15, 0.2) is 0 Å². The summed E-state index contributed by atoms with van der Waals surface area (Å²) in [4.78, 5) is 12.5. The zero-order chi connectivity index (χ0) is 15.5. The molecule has 5 atom stereocenters. The van der Waals surface area contributed by atoms with Crippen molar-refractivity contribution in [1.82, 2.24) is 0 Å². The van der Waals surface area contributed by atoms with Gasteiger partial charge in [-0.2, -0.15) is 0 Å². The molecule has 0 saturated heterocycles. The van der Waals surface area contributed by atoms with Gasteiger partial charge in [0.05, 0.1) is 5.41 Å². The number of ether oxygens (including phenoxy) is 1. The van der Waals surface area contributed by atoms with Crippen LogP contribution in [0.3, 0.4) is 0 Å². The highest BCUT2D eigenvalue weighted by Gasteiger charge is 2.61. The number of carbonyl (C=O) groups is 1. The Kier molecular flexibility index (Phi) is 3.46. The molecule has 120 valence electrons. The molecule has 0 amide bonds. The van der Waals surface area contributed by atoms with E-state index in [2.05, 4.69) is 20.8 Å². The highest BCUT2D eigenvalue weighted by atomic mass is 16.6. The van der Waals surface area contributed by atoms with Gasteiger partial charge in [0.25, 0.3) is 0 Å². The van der Waals surface area contributed by atoms with Crippen molar-refractivity contribution in [2.75, 3.05) is 0 Å². The van der Waals surface area contributed by atoms with E-state index in [-0.39, 0.29) is 17.0 Å². The Morgan fingerprint density at radius 1 is 1.24 bits per heavy atom. The van der Waals surface area contributed by atoms with Crippen LogP contribution < -0.4 is 0 Å². The summed E-state index contributed by atoms with van der Waals surface area (Å²) in [7, 11) is 0. The molecule has 0 radical (unpaired) electrons. The second-order valence-corrected chi connectivity index (χ2v) is 8.98. The Labute approximate surface area is 130 Å². The molecule has 2 heteroatoms. The third-order valence-corrected chi connectivity index (χ3v) is 7.65. The quantitative estimate of drug-likeness (QED) is 0.687. The molecule has 0 heterocycles. The average molecular weight is 292 g/mol. The second kappa shape index (κ2) is 4.73. The lowest BCUT2D eigenvalue weighted by Gasteiger charge is -2.46. The molecule has 1 spiro atoms. The highest BCUT2D eigenvalue weighted by Crippen LogP contribution is 2.67. The molecule has 0 aliphatic heterocycles. The Morgan fingerprint density at radius 2 is 1.95 bits per heavy atom. The monoisotopic (exact) mass is 292 g/mol. The normalized spacial score (nSPS) is 45.5. The summed E-state index contributed by atoms with van der Waals surface area (Å²) in [5.41, 5.74) is 0.0373. The van der Waals surface area contributed by atoms with Crippen molar-refractivity contribution in [2.24, 2.45) is 28.6 Å². The maximum absolute atomic E-state index is 12.5. The summed E-state index contributed by atoms with van der Waals surface area (Å²) in [5.74, 6) is 2.38. The predicted molar refractivity (Wildman–Crippen MR) is 84.8 cm³/mol. The molecule has 3 rings (SSSR count). The largest absolute Gasteiger partial charge is 0.459 e. The SMILES string of the molecule is CCC(C)(C)C(=O)OC1(C)CCC23CC1CC2CCC3C. The minimum absolute atomic E-state index is 0.00792. The number of rotatable bonds is 3. The molecule has 2 nitrogen and oxygen atoms in total. The summed E-state index contributed by atoms with van der Waals surface area (Å²) >= 11 is 0. The van der Waals surface area contributed by atoms with E-state index >= 15 is 0 Å². The molecule has 2 bridgehead atoms. The molecule has 0 aromatic heterocycles. The first-order valence-electron chi connectivity index (χ1n) is 8.97. The Balaban J connectivity index is 1.76. The van der Waals surface area contributed by atoms with E-state index in [0.717, 1.165) is 24.7 Å². The van der Waals surface area contributed by atoms with Crippen molar-refractivity contribution < 1.29 is 9.53 Å². The summed E-state index contributed by atoms with van der Waals surface area (Å²) in [6.07, 6.45) is 8.60. The van der Waals surface area contributed by atoms with Crippen molar-refractivity contribution in [3.8, 4) is 0 Å². The van der Waals surface area contributed by atoms with Crippen molar-refractivity contribution in [3.05, 3.63) is 0 Å². The van der Waals surface area contributed by atoms with Crippen molar-refractivity contribution >= 4 is 5.97 Å². The van der Waals surface area contributed by atoms with Gasteiger partial charge in [0.2, 0.25) is 0 Å². The third-order valence-electron chi connectivity index (χ3n) is 7.65. The smallest absolute Gasteiger partial charge is 0.312 e. The first kappa shape index (κ1) is 15.4. The van der Waals surface area contributed by atoms with E-state index in [0.29, 0.717) is 11.3 Å². The summed E-state index contributed by atoms with van der Waals surface area (Å²) in [6, 6.07) is 0. The van der Waals surface area contributed by atoms with Crippen LogP contribution in [0.1, 0.15) is 79.6 Å². The number of fused-ring (bicyclic) bond motifs is 1. The van der Waals surface area contributed by atoms with Gasteiger partial charge < -0.3 is 4.74 Å². The van der Waals surface area contributed by atoms with Gasteiger partial charge in [0.15, 0.2) is 0 Å². The fraction of sp³-hybridized carbons (Fsp3) is 0.947. The van der Waals surface area contributed by atoms with Crippen LogP contribution in [0.4, 0.5) is 0 Å². The summed E-state index contributed by atoms with van der Waals surface area (Å²) in [5, 5.41) is 0. The number of hydrogen-bond donors (Lipinski definition) is 0. The van der Waals surface area contributed by atoms with Gasteiger partial charge in [0, 0.05) is 0 Å². The zero-order valence-electron chi connectivity index (χ0n) is 14.5. The van der Waals surface area contributed by atoms with E-state index in [1.807, 2.05) is 13.8 Å². The molecular weight excluding hydrogens is 260 g/mol. The lowest BCUT2D eigenvalue weighted by atomic mass is 9.64. The average Bonchev–Trinajstić information content (AvgIpc) is 2.91. The maximum Gasteiger partial charge on any atom is 0.312 e. The van der Waals surface area contributed by atoms with Crippen LogP contribution >= 0.6 is 0 Å². The minimum Gasteiger partial charge on any atom is -0.459 e. The zero-order valence-corrected chi connectivity index (χ0v) is 14.5. The Hall–Kier alpha value is -0.530. The summed E-state index contributed by atoms with van der Waals surface area (Å²) < 4.78 is 6.12. The van der Waals surface area contributed by atoms with Gasteiger partial charge >= 0.3 is 5.97 Å². The topological polar surface area (TPSA) is 26.3 Å². The van der Waals surface area contributed by atoms with E-state index in [9.17, 15) is 4.79 Å². The van der Waals surface area contributed by atoms with Gasteiger partial charge in [-0.05, 0) is 88.9 Å². The molecule has 3 saturated carbocycles. The number of carbonyl (C=O) groups excluding carboxylic acids is 1. The number of esters is 1. The summed E-state index contributed by atoms with van der Waals surface area (Å²) in [6.45, 7) is 10.8. The van der Waals surface area contributed by atoms with Crippen LogP contribution in [-0.4, -0.2) is 11.6 Å². The highest BCUT2D eigenvalue weighted by molar-refractivity contribution is 5.76. The predicted octanol–water partition coefficient (Wildman–Crippen LogP) is 4.96. The fourth-order valence-corrected chi connectivity index (χ4v) is 5.37. The molecule has 21 heavy (non-hydrogen) atoms. The van der Waals surface area contributed by atoms with Crippen LogP contribution in [0.5, 0.6) is 0 Å². The van der Waals surface area contributed by atoms with Crippen molar-refractivity contribution in [1.29, 1.82) is 0 Å². The van der Waals surface area contributed by atoms with Gasteiger partial charge in [-0.3, -0.25) is 4.79 Å². The molecule has 3 aliphatic carbocycles. The number of hydrogen-bond acceptors (Lipinski definition) is 2. The molecule has 3 aliphatic rings. The van der Waals surface area contributed by atoms with E-state index in [4.69, 9.17) is 4.74 Å². The molecule has 3 fully saturated rings. The first-order chi connectivity index (χ1) is 9.73. The van der Waals surface area contributed by atoms with Gasteiger partial charge in [-0.25, -0.2) is 0 Å². The lowest BCUT2D eigenvalue weighted by molar-refractivity contribution is -0.180. The van der Waals surface area contributed by atoms with Gasteiger partial charge in [-0.15, -0.1) is 0 Å². The Bertz CT molecular complexity index is 441. The maximum atomic E-state index is 12.5. The fourth-order valence-electron chi connectivity index (χ4n) is 5.37. The molecule has 0 N–H and O–H groups in total. The minimum atomic E-state index is -0.347. The van der Waals surface area contributed by atoms with E-state index < -0.39 is 0 Å². The van der Waals surface area contributed by atoms with Gasteiger partial charge in [0.1, 0.15) is 5.60 Å². The van der Waals surface area contributed by atoms with Crippen LogP contribution in [0, 0.1) is 28.6 Å². The van der Waals surface area contributed by atoms with Crippen molar-refractivity contribution in [2.45, 2.75) is 85.2 Å². The van der Waals surface area contributed by atoms with Crippen LogP contribution in [-0.2, 0) is 9.53 Å². The first-order valence-corrected chi connectivity index (χ1v) is 8.97. The van der Waals surface area contributed by atoms with Gasteiger partial charge in [-0.1, -0.05) is 13.8 Å². The van der Waals surface area contributed by atoms with Crippen molar-refractivity contribution in [3.63, 3.8) is 0 Å². The second-order valence-electron chi connectivity index (χ2n) is 8.98. The van der Waals surface area contributed by atoms with E-state index in [1.165, 1.54) is 32.1 Å². The molecule has 0 aromatic rings. The molecule has 5 unspecified atom stereocenters.